The quantitative estimate of drug-likeness (QED) is 0.425. The van der Waals surface area contributed by atoms with Crippen LogP contribution in [0, 0.1) is 17.2 Å². The predicted molar refractivity (Wildman–Crippen MR) is 67.4 cm³/mol. The number of rotatable bonds is 4. The molecular weight excluding hydrogens is 278 g/mol. The van der Waals surface area contributed by atoms with Crippen LogP contribution in [0.4, 0.5) is 0 Å². The number of nitriles is 1. The third-order valence-electron chi connectivity index (χ3n) is 3.63. The zero-order valence-corrected chi connectivity index (χ0v) is 11.6. The summed E-state index contributed by atoms with van der Waals surface area (Å²) in [6.45, 7) is 4.22. The SMILES string of the molecule is C=C(C)C(=O)OCC(=O)OC1(C#N)CCC2CC1OC2=O. The van der Waals surface area contributed by atoms with E-state index in [4.69, 9.17) is 9.47 Å². The number of carbonyl (C=O) groups excluding carboxylic acids is 3. The van der Waals surface area contributed by atoms with Gasteiger partial charge in [-0.2, -0.15) is 5.26 Å². The summed E-state index contributed by atoms with van der Waals surface area (Å²) in [5.41, 5.74) is -1.34. The summed E-state index contributed by atoms with van der Waals surface area (Å²) in [5.74, 6) is -2.15. The molecule has 2 aliphatic rings. The lowest BCUT2D eigenvalue weighted by Gasteiger charge is -2.33. The van der Waals surface area contributed by atoms with E-state index < -0.39 is 30.3 Å². The Hall–Kier alpha value is -2.36. The van der Waals surface area contributed by atoms with Gasteiger partial charge in [0, 0.05) is 18.4 Å². The van der Waals surface area contributed by atoms with E-state index in [1.165, 1.54) is 6.92 Å². The Morgan fingerprint density at radius 1 is 1.57 bits per heavy atom. The van der Waals surface area contributed by atoms with Gasteiger partial charge in [-0.05, 0) is 13.3 Å². The first kappa shape index (κ1) is 15.0. The van der Waals surface area contributed by atoms with E-state index in [2.05, 4.69) is 11.3 Å². The second-order valence-electron chi connectivity index (χ2n) is 5.23. The van der Waals surface area contributed by atoms with E-state index in [1.54, 1.807) is 0 Å². The second-order valence-corrected chi connectivity index (χ2v) is 5.23. The molecule has 1 saturated carbocycles. The van der Waals surface area contributed by atoms with E-state index >= 15 is 0 Å². The maximum absolute atomic E-state index is 11.7. The molecule has 1 saturated heterocycles. The second kappa shape index (κ2) is 5.56. The first-order chi connectivity index (χ1) is 9.88. The minimum absolute atomic E-state index is 0.156. The Balaban J connectivity index is 1.98. The smallest absolute Gasteiger partial charge is 0.346 e. The van der Waals surface area contributed by atoms with Crippen LogP contribution < -0.4 is 0 Å². The average Bonchev–Trinajstić information content (AvgIpc) is 2.77. The summed E-state index contributed by atoms with van der Waals surface area (Å²) in [5, 5.41) is 9.32. The molecule has 3 atom stereocenters. The predicted octanol–water partition coefficient (Wildman–Crippen LogP) is 0.637. The Labute approximate surface area is 121 Å². The van der Waals surface area contributed by atoms with Crippen molar-refractivity contribution in [1.29, 1.82) is 5.26 Å². The van der Waals surface area contributed by atoms with Crippen LogP contribution in [0.1, 0.15) is 26.2 Å². The third kappa shape index (κ3) is 2.89. The van der Waals surface area contributed by atoms with E-state index in [0.29, 0.717) is 12.8 Å². The van der Waals surface area contributed by atoms with Crippen LogP contribution in [0.2, 0.25) is 0 Å². The topological polar surface area (TPSA) is 103 Å². The van der Waals surface area contributed by atoms with Gasteiger partial charge in [0.25, 0.3) is 0 Å². The molecule has 2 fully saturated rings. The molecular formula is C14H15NO6. The summed E-state index contributed by atoms with van der Waals surface area (Å²) in [6.07, 6.45) is 0.270. The molecule has 1 aliphatic carbocycles. The molecule has 7 nitrogen and oxygen atoms in total. The fraction of sp³-hybridized carbons (Fsp3) is 0.571. The molecule has 3 unspecified atom stereocenters. The molecule has 0 spiro atoms. The van der Waals surface area contributed by atoms with Crippen molar-refractivity contribution in [1.82, 2.24) is 0 Å². The fourth-order valence-corrected chi connectivity index (χ4v) is 2.46. The van der Waals surface area contributed by atoms with Crippen LogP contribution in [0.25, 0.3) is 0 Å². The summed E-state index contributed by atoms with van der Waals surface area (Å²) in [7, 11) is 0. The van der Waals surface area contributed by atoms with Gasteiger partial charge in [0.2, 0.25) is 5.60 Å². The highest BCUT2D eigenvalue weighted by Gasteiger charge is 2.55. The number of nitrogens with zero attached hydrogens (tertiary/aromatic N) is 1. The van der Waals surface area contributed by atoms with Gasteiger partial charge in [0.15, 0.2) is 12.7 Å². The van der Waals surface area contributed by atoms with Gasteiger partial charge >= 0.3 is 17.9 Å². The van der Waals surface area contributed by atoms with Crippen molar-refractivity contribution < 1.29 is 28.6 Å². The molecule has 0 amide bonds. The molecule has 0 aromatic rings. The summed E-state index contributed by atoms with van der Waals surface area (Å²) in [4.78, 5) is 34.4. The number of fused-ring (bicyclic) bond motifs is 2. The van der Waals surface area contributed by atoms with Gasteiger partial charge in [0.1, 0.15) is 6.07 Å². The zero-order valence-electron chi connectivity index (χ0n) is 11.6. The highest BCUT2D eigenvalue weighted by atomic mass is 16.6. The van der Waals surface area contributed by atoms with Crippen LogP contribution in [0.5, 0.6) is 0 Å². The molecule has 2 rings (SSSR count). The van der Waals surface area contributed by atoms with Crippen molar-refractivity contribution in [3.63, 3.8) is 0 Å². The highest BCUT2D eigenvalue weighted by molar-refractivity contribution is 5.88. The molecule has 112 valence electrons. The van der Waals surface area contributed by atoms with Crippen LogP contribution in [0.3, 0.4) is 0 Å². The van der Waals surface area contributed by atoms with Gasteiger partial charge in [0.05, 0.1) is 5.92 Å². The summed E-state index contributed by atoms with van der Waals surface area (Å²) in [6, 6.07) is 1.93. The molecule has 0 aromatic heterocycles. The normalized spacial score (nSPS) is 30.0. The fourth-order valence-electron chi connectivity index (χ4n) is 2.46. The minimum atomic E-state index is -1.49. The van der Waals surface area contributed by atoms with Gasteiger partial charge in [-0.25, -0.2) is 9.59 Å². The van der Waals surface area contributed by atoms with E-state index in [1.807, 2.05) is 6.07 Å². The Kier molecular flexibility index (Phi) is 3.98. The third-order valence-corrected chi connectivity index (χ3v) is 3.63. The Bertz CT molecular complexity index is 548. The highest BCUT2D eigenvalue weighted by Crippen LogP contribution is 2.42. The lowest BCUT2D eigenvalue weighted by molar-refractivity contribution is -0.176. The first-order valence-corrected chi connectivity index (χ1v) is 6.54. The number of carbonyl (C=O) groups is 3. The molecule has 0 radical (unpaired) electrons. The minimum Gasteiger partial charge on any atom is -0.457 e. The molecule has 1 aliphatic heterocycles. The van der Waals surface area contributed by atoms with Crippen LogP contribution in [0.15, 0.2) is 12.2 Å². The van der Waals surface area contributed by atoms with Crippen molar-refractivity contribution >= 4 is 17.9 Å². The van der Waals surface area contributed by atoms with Crippen molar-refractivity contribution in [3.8, 4) is 6.07 Å². The number of hydrogen-bond acceptors (Lipinski definition) is 7. The lowest BCUT2D eigenvalue weighted by atomic mass is 9.79. The van der Waals surface area contributed by atoms with E-state index in [-0.39, 0.29) is 23.9 Å². The van der Waals surface area contributed by atoms with Gasteiger partial charge in [-0.1, -0.05) is 6.58 Å². The van der Waals surface area contributed by atoms with Crippen molar-refractivity contribution in [2.75, 3.05) is 6.61 Å². The average molecular weight is 293 g/mol. The number of ether oxygens (including phenoxy) is 3. The van der Waals surface area contributed by atoms with Crippen molar-refractivity contribution in [3.05, 3.63) is 12.2 Å². The van der Waals surface area contributed by atoms with E-state index in [9.17, 15) is 19.6 Å². The van der Waals surface area contributed by atoms with Crippen molar-refractivity contribution in [2.24, 2.45) is 5.92 Å². The summed E-state index contributed by atoms with van der Waals surface area (Å²) >= 11 is 0. The zero-order chi connectivity index (χ0) is 15.6. The van der Waals surface area contributed by atoms with Crippen LogP contribution in [-0.2, 0) is 28.6 Å². The molecule has 0 aromatic carbocycles. The van der Waals surface area contributed by atoms with Gasteiger partial charge in [-0.3, -0.25) is 4.79 Å². The van der Waals surface area contributed by atoms with Crippen molar-refractivity contribution in [2.45, 2.75) is 37.9 Å². The molecule has 7 heteroatoms. The standard InChI is InChI=1S/C14H15NO6/c1-8(2)12(17)19-6-11(16)21-14(7-15)4-3-9-5-10(14)20-13(9)18/h9-10H,1,3-6H2,2H3. The first-order valence-electron chi connectivity index (χ1n) is 6.54. The molecule has 2 bridgehead atoms. The van der Waals surface area contributed by atoms with Gasteiger partial charge < -0.3 is 14.2 Å². The Morgan fingerprint density at radius 3 is 2.90 bits per heavy atom. The van der Waals surface area contributed by atoms with Crippen LogP contribution in [-0.4, -0.2) is 36.2 Å². The Morgan fingerprint density at radius 2 is 2.29 bits per heavy atom. The van der Waals surface area contributed by atoms with Crippen LogP contribution >= 0.6 is 0 Å². The number of esters is 3. The van der Waals surface area contributed by atoms with Gasteiger partial charge in [-0.15, -0.1) is 0 Å². The monoisotopic (exact) mass is 293 g/mol. The van der Waals surface area contributed by atoms with E-state index in [0.717, 1.165) is 0 Å². The number of hydrogen-bond donors (Lipinski definition) is 0. The summed E-state index contributed by atoms with van der Waals surface area (Å²) < 4.78 is 14.9. The lowest BCUT2D eigenvalue weighted by Crippen LogP contribution is -2.47. The maximum atomic E-state index is 11.7. The molecule has 0 N–H and O–H groups in total. The molecule has 1 heterocycles. The molecule has 21 heavy (non-hydrogen) atoms. The largest absolute Gasteiger partial charge is 0.457 e. The maximum Gasteiger partial charge on any atom is 0.346 e.